The maximum absolute atomic E-state index is 5.51. The molecule has 0 spiro atoms. The molecule has 1 rings (SSSR count). The standard InChI is InChI=1S/C9H23NO2Si2/c1-11-13(12-2)9-7-6-8-10(9)14(3,4)5/h9,13H,6-8H2,1-5H3. The Morgan fingerprint density at radius 2 is 1.79 bits per heavy atom. The van der Waals surface area contributed by atoms with Gasteiger partial charge in [-0.25, -0.2) is 0 Å². The second-order valence-electron chi connectivity index (χ2n) is 4.91. The van der Waals surface area contributed by atoms with Crippen LogP contribution in [0.5, 0.6) is 0 Å². The molecule has 0 aromatic heterocycles. The number of nitrogens with zero attached hydrogens (tertiary/aromatic N) is 1. The third-order valence-electron chi connectivity index (χ3n) is 2.94. The highest BCUT2D eigenvalue weighted by Gasteiger charge is 2.40. The summed E-state index contributed by atoms with van der Waals surface area (Å²) in [5.74, 6) is 0. The SMILES string of the molecule is CO[SiH](OC)C1CCCN1[Si](C)(C)C. The Morgan fingerprint density at radius 3 is 2.21 bits per heavy atom. The van der Waals surface area contributed by atoms with Crippen LogP contribution in [0.4, 0.5) is 0 Å². The van der Waals surface area contributed by atoms with E-state index < -0.39 is 17.5 Å². The van der Waals surface area contributed by atoms with Gasteiger partial charge in [-0.05, 0) is 19.4 Å². The van der Waals surface area contributed by atoms with Crippen LogP contribution in [0, 0.1) is 0 Å². The fourth-order valence-corrected chi connectivity index (χ4v) is 7.75. The van der Waals surface area contributed by atoms with E-state index >= 15 is 0 Å². The second-order valence-corrected chi connectivity index (χ2v) is 12.3. The summed E-state index contributed by atoms with van der Waals surface area (Å²) >= 11 is 0. The Morgan fingerprint density at radius 1 is 1.21 bits per heavy atom. The van der Waals surface area contributed by atoms with Crippen LogP contribution >= 0.6 is 0 Å². The van der Waals surface area contributed by atoms with E-state index in [2.05, 4.69) is 24.2 Å². The van der Waals surface area contributed by atoms with Gasteiger partial charge in [0.2, 0.25) is 0 Å². The smallest absolute Gasteiger partial charge is 0.338 e. The molecule has 0 bridgehead atoms. The van der Waals surface area contributed by atoms with Crippen molar-refractivity contribution in [3.05, 3.63) is 0 Å². The maximum Gasteiger partial charge on any atom is 0.338 e. The first-order chi connectivity index (χ1) is 6.50. The Hall–Kier alpha value is 0.314. The summed E-state index contributed by atoms with van der Waals surface area (Å²) in [6.45, 7) is 8.46. The molecule has 84 valence electrons. The maximum atomic E-state index is 5.51. The molecule has 1 atom stereocenters. The molecule has 5 heteroatoms. The van der Waals surface area contributed by atoms with Crippen LogP contribution in [0.2, 0.25) is 19.6 Å². The molecule has 1 heterocycles. The summed E-state index contributed by atoms with van der Waals surface area (Å²) < 4.78 is 13.7. The van der Waals surface area contributed by atoms with Crippen LogP contribution in [-0.4, -0.2) is 48.5 Å². The van der Waals surface area contributed by atoms with Gasteiger partial charge in [0.25, 0.3) is 0 Å². The molecule has 1 aliphatic rings. The van der Waals surface area contributed by atoms with E-state index in [0.29, 0.717) is 5.67 Å². The zero-order valence-electron chi connectivity index (χ0n) is 10.0. The third-order valence-corrected chi connectivity index (χ3v) is 7.77. The summed E-state index contributed by atoms with van der Waals surface area (Å²) in [5, 5.41) is 0. The molecule has 0 aromatic carbocycles. The van der Waals surface area contributed by atoms with Gasteiger partial charge in [0, 0.05) is 19.9 Å². The van der Waals surface area contributed by atoms with Gasteiger partial charge in [-0.1, -0.05) is 19.6 Å². The highest BCUT2D eigenvalue weighted by atomic mass is 28.3. The molecule has 0 saturated carbocycles. The zero-order chi connectivity index (χ0) is 10.8. The van der Waals surface area contributed by atoms with Crippen molar-refractivity contribution in [3.63, 3.8) is 0 Å². The van der Waals surface area contributed by atoms with E-state index in [9.17, 15) is 0 Å². The van der Waals surface area contributed by atoms with Crippen molar-refractivity contribution >= 4 is 17.5 Å². The molecule has 0 N–H and O–H groups in total. The van der Waals surface area contributed by atoms with Crippen LogP contribution in [0.1, 0.15) is 12.8 Å². The first-order valence-electron chi connectivity index (χ1n) is 5.33. The number of rotatable bonds is 4. The van der Waals surface area contributed by atoms with Crippen LogP contribution in [0.15, 0.2) is 0 Å². The minimum atomic E-state index is -1.44. The lowest BCUT2D eigenvalue weighted by Gasteiger charge is -2.37. The monoisotopic (exact) mass is 233 g/mol. The molecule has 1 saturated heterocycles. The normalized spacial score (nSPS) is 24.9. The Bertz CT molecular complexity index is 180. The van der Waals surface area contributed by atoms with E-state index in [0.717, 1.165) is 0 Å². The highest BCUT2D eigenvalue weighted by molar-refractivity contribution is 6.74. The van der Waals surface area contributed by atoms with E-state index in [1.807, 2.05) is 0 Å². The fraction of sp³-hybridized carbons (Fsp3) is 1.00. The van der Waals surface area contributed by atoms with E-state index in [1.165, 1.54) is 19.4 Å². The molecule has 3 nitrogen and oxygen atoms in total. The highest BCUT2D eigenvalue weighted by Crippen LogP contribution is 2.26. The van der Waals surface area contributed by atoms with Crippen molar-refractivity contribution in [2.45, 2.75) is 38.1 Å². The molecule has 0 radical (unpaired) electrons. The lowest BCUT2D eigenvalue weighted by atomic mass is 10.4. The van der Waals surface area contributed by atoms with Crippen molar-refractivity contribution in [2.75, 3.05) is 20.8 Å². The number of hydrogen-bond donors (Lipinski definition) is 0. The summed E-state index contributed by atoms with van der Waals surface area (Å²) in [7, 11) is 0.969. The predicted octanol–water partition coefficient (Wildman–Crippen LogP) is 1.34. The first kappa shape index (κ1) is 12.4. The minimum Gasteiger partial charge on any atom is -0.399 e. The third kappa shape index (κ3) is 2.67. The predicted molar refractivity (Wildman–Crippen MR) is 64.2 cm³/mol. The molecule has 1 aliphatic heterocycles. The summed E-state index contributed by atoms with van der Waals surface area (Å²) in [6.07, 6.45) is 2.58. The Kier molecular flexibility index (Phi) is 4.33. The van der Waals surface area contributed by atoms with Gasteiger partial charge < -0.3 is 13.4 Å². The van der Waals surface area contributed by atoms with Gasteiger partial charge in [0.1, 0.15) is 8.24 Å². The zero-order valence-corrected chi connectivity index (χ0v) is 12.2. The van der Waals surface area contributed by atoms with Crippen molar-refractivity contribution in [3.8, 4) is 0 Å². The average molecular weight is 233 g/mol. The van der Waals surface area contributed by atoms with Gasteiger partial charge >= 0.3 is 9.28 Å². The molecule has 0 aromatic rings. The van der Waals surface area contributed by atoms with Crippen molar-refractivity contribution < 1.29 is 8.85 Å². The van der Waals surface area contributed by atoms with Gasteiger partial charge in [-0.2, -0.15) is 0 Å². The number of hydrogen-bond acceptors (Lipinski definition) is 3. The minimum absolute atomic E-state index is 0.608. The quantitative estimate of drug-likeness (QED) is 0.684. The molecular formula is C9H23NO2Si2. The van der Waals surface area contributed by atoms with Crippen molar-refractivity contribution in [2.24, 2.45) is 0 Å². The largest absolute Gasteiger partial charge is 0.399 e. The van der Waals surface area contributed by atoms with E-state index in [1.54, 1.807) is 14.2 Å². The van der Waals surface area contributed by atoms with E-state index in [-0.39, 0.29) is 0 Å². The first-order valence-corrected chi connectivity index (χ1v) is 10.4. The molecule has 0 aliphatic carbocycles. The molecular weight excluding hydrogens is 210 g/mol. The van der Waals surface area contributed by atoms with Gasteiger partial charge in [0.15, 0.2) is 0 Å². The van der Waals surface area contributed by atoms with Gasteiger partial charge in [-0.15, -0.1) is 0 Å². The van der Waals surface area contributed by atoms with Crippen LogP contribution in [0.3, 0.4) is 0 Å². The lowest BCUT2D eigenvalue weighted by molar-refractivity contribution is 0.244. The van der Waals surface area contributed by atoms with Crippen LogP contribution < -0.4 is 0 Å². The van der Waals surface area contributed by atoms with Gasteiger partial charge in [-0.3, -0.25) is 0 Å². The van der Waals surface area contributed by atoms with Crippen LogP contribution in [0.25, 0.3) is 0 Å². The summed E-state index contributed by atoms with van der Waals surface area (Å²) in [4.78, 5) is 0. The molecule has 14 heavy (non-hydrogen) atoms. The van der Waals surface area contributed by atoms with Gasteiger partial charge in [0.05, 0.1) is 0 Å². The molecule has 1 unspecified atom stereocenters. The Labute approximate surface area is 90.3 Å². The van der Waals surface area contributed by atoms with Crippen molar-refractivity contribution in [1.29, 1.82) is 0 Å². The average Bonchev–Trinajstić information content (AvgIpc) is 2.54. The molecule has 1 fully saturated rings. The summed E-state index contributed by atoms with van der Waals surface area (Å²) in [6, 6.07) is 0. The topological polar surface area (TPSA) is 21.7 Å². The summed E-state index contributed by atoms with van der Waals surface area (Å²) in [5.41, 5.74) is 0.608. The second kappa shape index (κ2) is 4.89. The molecule has 0 amide bonds. The van der Waals surface area contributed by atoms with Crippen LogP contribution in [-0.2, 0) is 8.85 Å². The van der Waals surface area contributed by atoms with E-state index in [4.69, 9.17) is 8.85 Å². The lowest BCUT2D eigenvalue weighted by Crippen LogP contribution is -2.55. The fourth-order valence-electron chi connectivity index (χ4n) is 2.32. The van der Waals surface area contributed by atoms with Crippen molar-refractivity contribution in [1.82, 2.24) is 4.57 Å². The Balaban J connectivity index is 2.67.